The minimum absolute atomic E-state index is 0.0341. The Bertz CT molecular complexity index is 297. The summed E-state index contributed by atoms with van der Waals surface area (Å²) in [5.74, 6) is 0.515. The van der Waals surface area contributed by atoms with Gasteiger partial charge in [-0.1, -0.05) is 33.0 Å². The van der Waals surface area contributed by atoms with Gasteiger partial charge in [0, 0.05) is 5.92 Å². The van der Waals surface area contributed by atoms with Gasteiger partial charge in [0.1, 0.15) is 0 Å². The van der Waals surface area contributed by atoms with Crippen LogP contribution in [-0.2, 0) is 4.79 Å². The van der Waals surface area contributed by atoms with E-state index >= 15 is 0 Å². The van der Waals surface area contributed by atoms with Crippen LogP contribution in [-0.4, -0.2) is 10.9 Å². The normalized spacial score (nSPS) is 41.9. The highest BCUT2D eigenvalue weighted by Gasteiger charge is 2.60. The third-order valence-electron chi connectivity index (χ3n) is 4.28. The van der Waals surface area contributed by atoms with E-state index in [1.54, 1.807) is 0 Å². The van der Waals surface area contributed by atoms with Crippen LogP contribution in [0.15, 0.2) is 0 Å². The number of carbonyl (C=O) groups excluding carboxylic acids is 1. The van der Waals surface area contributed by atoms with E-state index in [1.807, 2.05) is 0 Å². The Labute approximate surface area is 84.1 Å². The number of carbonyl (C=O) groups is 1. The molecule has 1 heterocycles. The van der Waals surface area contributed by atoms with Crippen LogP contribution in [0, 0.1) is 16.7 Å². The Hall–Kier alpha value is -0.440. The van der Waals surface area contributed by atoms with Gasteiger partial charge in [0.25, 0.3) is 0 Å². The zero-order valence-electron chi connectivity index (χ0n) is 8.31. The largest absolute Gasteiger partial charge is 0.320 e. The number of fused-ring (bicyclic) bond motifs is 2. The topological polar surface area (TPSA) is 29.1 Å². The van der Waals surface area contributed by atoms with Crippen molar-refractivity contribution in [3.63, 3.8) is 0 Å². The van der Waals surface area contributed by atoms with Crippen molar-refractivity contribution < 1.29 is 4.79 Å². The molecule has 0 aromatic carbocycles. The van der Waals surface area contributed by atoms with Gasteiger partial charge in [0.2, 0.25) is 5.91 Å². The van der Waals surface area contributed by atoms with Crippen molar-refractivity contribution in [2.24, 2.45) is 16.7 Å². The number of rotatable bonds is 0. The highest BCUT2D eigenvalue weighted by molar-refractivity contribution is 7.80. The van der Waals surface area contributed by atoms with Crippen LogP contribution in [0.5, 0.6) is 0 Å². The third-order valence-corrected chi connectivity index (χ3v) is 4.67. The van der Waals surface area contributed by atoms with Crippen molar-refractivity contribution in [2.45, 2.75) is 33.6 Å². The second kappa shape index (κ2) is 2.32. The van der Waals surface area contributed by atoms with Crippen molar-refractivity contribution in [1.29, 1.82) is 0 Å². The molecule has 1 saturated heterocycles. The molecular formula is C10H15NOS. The lowest BCUT2D eigenvalue weighted by molar-refractivity contribution is -0.135. The molecular weight excluding hydrogens is 182 g/mol. The minimum atomic E-state index is -0.208. The summed E-state index contributed by atoms with van der Waals surface area (Å²) in [5.41, 5.74) is -0.174. The highest BCUT2D eigenvalue weighted by atomic mass is 32.1. The first kappa shape index (κ1) is 9.13. The van der Waals surface area contributed by atoms with Crippen molar-refractivity contribution in [1.82, 2.24) is 5.32 Å². The molecule has 1 aliphatic carbocycles. The van der Waals surface area contributed by atoms with Gasteiger partial charge >= 0.3 is 0 Å². The number of nitrogens with one attached hydrogen (secondary N) is 1. The Morgan fingerprint density at radius 1 is 1.46 bits per heavy atom. The molecule has 1 amide bonds. The summed E-state index contributed by atoms with van der Waals surface area (Å²) in [4.78, 5) is 12.6. The Balaban J connectivity index is 2.51. The second-order valence-electron chi connectivity index (χ2n) is 4.96. The Morgan fingerprint density at radius 3 is 2.69 bits per heavy atom. The lowest BCUT2D eigenvalue weighted by Crippen LogP contribution is -2.56. The molecule has 3 heteroatoms. The molecule has 2 bridgehead atoms. The lowest BCUT2D eigenvalue weighted by atomic mass is 9.63. The number of thiocarbonyl (C=S) groups is 1. The first-order valence-corrected chi connectivity index (χ1v) is 5.16. The fourth-order valence-electron chi connectivity index (χ4n) is 2.70. The molecule has 2 aliphatic rings. The predicted octanol–water partition coefficient (Wildman–Crippen LogP) is 1.89. The fraction of sp³-hybridized carbons (Fsp3) is 0.800. The molecule has 13 heavy (non-hydrogen) atoms. The highest BCUT2D eigenvalue weighted by Crippen LogP contribution is 2.58. The van der Waals surface area contributed by atoms with Gasteiger partial charge in [-0.05, 0) is 18.3 Å². The first-order chi connectivity index (χ1) is 5.89. The van der Waals surface area contributed by atoms with Gasteiger partial charge in [-0.15, -0.1) is 0 Å². The molecule has 72 valence electrons. The van der Waals surface area contributed by atoms with E-state index in [0.717, 1.165) is 17.8 Å². The third kappa shape index (κ3) is 0.885. The smallest absolute Gasteiger partial charge is 0.231 e. The quantitative estimate of drug-likeness (QED) is 0.601. The molecule has 0 aromatic heterocycles. The van der Waals surface area contributed by atoms with E-state index < -0.39 is 0 Å². The van der Waals surface area contributed by atoms with Crippen LogP contribution in [0.3, 0.4) is 0 Å². The maximum absolute atomic E-state index is 11.8. The van der Waals surface area contributed by atoms with Crippen LogP contribution in [0.25, 0.3) is 0 Å². The molecule has 1 N–H and O–H groups in total. The molecule has 2 rings (SSSR count). The van der Waals surface area contributed by atoms with Crippen LogP contribution in [0.4, 0.5) is 0 Å². The lowest BCUT2D eigenvalue weighted by Gasteiger charge is -2.44. The van der Waals surface area contributed by atoms with Crippen molar-refractivity contribution in [3.8, 4) is 0 Å². The summed E-state index contributed by atoms with van der Waals surface area (Å²) in [5, 5.41) is 2.83. The zero-order chi connectivity index (χ0) is 9.85. The van der Waals surface area contributed by atoms with Crippen LogP contribution in [0.2, 0.25) is 0 Å². The van der Waals surface area contributed by atoms with Gasteiger partial charge in [-0.25, -0.2) is 0 Å². The molecule has 0 radical (unpaired) electrons. The van der Waals surface area contributed by atoms with Crippen LogP contribution >= 0.6 is 12.2 Å². The summed E-state index contributed by atoms with van der Waals surface area (Å²) in [6, 6.07) is 0. The van der Waals surface area contributed by atoms with Crippen molar-refractivity contribution >= 4 is 23.1 Å². The van der Waals surface area contributed by atoms with Gasteiger partial charge in [0.15, 0.2) is 0 Å². The molecule has 2 nitrogen and oxygen atoms in total. The minimum Gasteiger partial charge on any atom is -0.320 e. The number of hydrogen-bond acceptors (Lipinski definition) is 2. The number of amides is 1. The van der Waals surface area contributed by atoms with Gasteiger partial charge in [-0.3, -0.25) is 4.79 Å². The Kier molecular flexibility index (Phi) is 1.63. The average molecular weight is 197 g/mol. The van der Waals surface area contributed by atoms with Gasteiger partial charge in [0.05, 0.1) is 10.4 Å². The van der Waals surface area contributed by atoms with E-state index in [4.69, 9.17) is 12.2 Å². The second-order valence-corrected chi connectivity index (χ2v) is 5.40. The maximum Gasteiger partial charge on any atom is 0.231 e. The molecule has 0 unspecified atom stereocenters. The van der Waals surface area contributed by atoms with Crippen LogP contribution < -0.4 is 5.32 Å². The SMILES string of the molecule is CC1(C)[C@@H]2CC[C@@]1(C)C(=O)NC2=S. The summed E-state index contributed by atoms with van der Waals surface area (Å²) < 4.78 is 0. The summed E-state index contributed by atoms with van der Waals surface area (Å²) in [6.45, 7) is 6.38. The average Bonchev–Trinajstić information content (AvgIpc) is 2.16. The number of piperidine rings is 1. The zero-order valence-corrected chi connectivity index (χ0v) is 9.12. The molecule has 1 aliphatic heterocycles. The van der Waals surface area contributed by atoms with Crippen molar-refractivity contribution in [3.05, 3.63) is 0 Å². The standard InChI is InChI=1S/C10H15NOS/c1-9(2)6-4-5-10(9,3)8(12)11-7(6)13/h6H,4-5H2,1-3H3,(H,11,12,13)/t6-,10+/m1/s1. The van der Waals surface area contributed by atoms with Crippen LogP contribution in [0.1, 0.15) is 33.6 Å². The monoisotopic (exact) mass is 197 g/mol. The molecule has 1 saturated carbocycles. The summed E-state index contributed by atoms with van der Waals surface area (Å²) in [7, 11) is 0. The molecule has 2 fully saturated rings. The molecule has 2 atom stereocenters. The maximum atomic E-state index is 11.8. The van der Waals surface area contributed by atoms with E-state index in [-0.39, 0.29) is 16.7 Å². The number of hydrogen-bond donors (Lipinski definition) is 1. The summed E-state index contributed by atoms with van der Waals surface area (Å²) in [6.07, 6.45) is 2.03. The van der Waals surface area contributed by atoms with E-state index in [9.17, 15) is 4.79 Å². The summed E-state index contributed by atoms with van der Waals surface area (Å²) >= 11 is 5.20. The van der Waals surface area contributed by atoms with E-state index in [0.29, 0.717) is 5.92 Å². The predicted molar refractivity (Wildman–Crippen MR) is 55.4 cm³/mol. The van der Waals surface area contributed by atoms with Gasteiger partial charge in [-0.2, -0.15) is 0 Å². The molecule has 0 spiro atoms. The first-order valence-electron chi connectivity index (χ1n) is 4.75. The van der Waals surface area contributed by atoms with E-state index in [1.165, 1.54) is 0 Å². The van der Waals surface area contributed by atoms with Crippen molar-refractivity contribution in [2.75, 3.05) is 0 Å². The molecule has 0 aromatic rings. The fourth-order valence-corrected chi connectivity index (χ4v) is 3.21. The van der Waals surface area contributed by atoms with E-state index in [2.05, 4.69) is 26.1 Å². The Morgan fingerprint density at radius 2 is 2.08 bits per heavy atom. The van der Waals surface area contributed by atoms with Gasteiger partial charge < -0.3 is 5.32 Å².